The molecule has 1 amide bonds. The van der Waals surface area contributed by atoms with Crippen molar-refractivity contribution < 1.29 is 14.6 Å². The van der Waals surface area contributed by atoms with Crippen molar-refractivity contribution in [3.63, 3.8) is 0 Å². The van der Waals surface area contributed by atoms with Gasteiger partial charge in [-0.15, -0.1) is 11.3 Å². The van der Waals surface area contributed by atoms with Crippen LogP contribution in [0, 0.1) is 6.92 Å². The number of hydrogen-bond acceptors (Lipinski definition) is 5. The maximum atomic E-state index is 12.5. The molecule has 1 aliphatic heterocycles. The molecule has 1 aliphatic rings. The zero-order valence-electron chi connectivity index (χ0n) is 21.6. The number of ether oxygens (including phenoxy) is 1. The number of aromatic nitrogens is 2. The number of thiazole rings is 1. The lowest BCUT2D eigenvalue weighted by molar-refractivity contribution is 0.128. The third kappa shape index (κ3) is 5.10. The SMILES string of the molecule is Cc1cnc(NCCOc2ccc(C3c4c(c5cc(Cl)ccc5n4-c4ccc(Cl)cc4)CCN3C(=O)O)cc2)s1. The maximum absolute atomic E-state index is 12.5. The zero-order valence-corrected chi connectivity index (χ0v) is 23.9. The highest BCUT2D eigenvalue weighted by atomic mass is 35.5. The van der Waals surface area contributed by atoms with Crippen molar-refractivity contribution in [1.29, 1.82) is 0 Å². The summed E-state index contributed by atoms with van der Waals surface area (Å²) in [5.41, 5.74) is 4.73. The molecule has 5 aromatic rings. The molecule has 2 N–H and O–H groups in total. The number of aryl methyl sites for hydroxylation is 1. The number of nitrogens with one attached hydrogen (secondary N) is 1. The first kappa shape index (κ1) is 26.5. The number of hydrogen-bond donors (Lipinski definition) is 2. The molecule has 6 rings (SSSR count). The molecule has 0 saturated carbocycles. The van der Waals surface area contributed by atoms with Gasteiger partial charge in [0, 0.05) is 38.7 Å². The van der Waals surface area contributed by atoms with Gasteiger partial charge in [0.15, 0.2) is 5.13 Å². The van der Waals surface area contributed by atoms with E-state index in [0.29, 0.717) is 41.9 Å². The van der Waals surface area contributed by atoms with Gasteiger partial charge in [-0.25, -0.2) is 9.78 Å². The van der Waals surface area contributed by atoms with E-state index in [-0.39, 0.29) is 0 Å². The third-order valence-electron chi connectivity index (χ3n) is 7.04. The summed E-state index contributed by atoms with van der Waals surface area (Å²) in [7, 11) is 0. The van der Waals surface area contributed by atoms with Gasteiger partial charge in [0.05, 0.1) is 17.8 Å². The Morgan fingerprint density at radius 2 is 1.85 bits per heavy atom. The minimum atomic E-state index is -0.967. The molecule has 0 spiro atoms. The number of amides is 1. The van der Waals surface area contributed by atoms with E-state index in [4.69, 9.17) is 27.9 Å². The normalized spacial score (nSPS) is 14.8. The monoisotopic (exact) mass is 592 g/mol. The van der Waals surface area contributed by atoms with E-state index in [1.54, 1.807) is 11.3 Å². The highest BCUT2D eigenvalue weighted by Gasteiger charge is 2.37. The van der Waals surface area contributed by atoms with Crippen molar-refractivity contribution in [2.24, 2.45) is 0 Å². The Morgan fingerprint density at radius 3 is 2.55 bits per heavy atom. The van der Waals surface area contributed by atoms with Crippen LogP contribution in [-0.2, 0) is 6.42 Å². The Labute approximate surface area is 245 Å². The van der Waals surface area contributed by atoms with Gasteiger partial charge in [0.1, 0.15) is 18.4 Å². The second-order valence-corrected chi connectivity index (χ2v) is 11.7. The van der Waals surface area contributed by atoms with Crippen LogP contribution in [-0.4, -0.2) is 45.3 Å². The quantitative estimate of drug-likeness (QED) is 0.188. The largest absolute Gasteiger partial charge is 0.492 e. The first-order valence-corrected chi connectivity index (χ1v) is 14.4. The molecule has 0 aliphatic carbocycles. The van der Waals surface area contributed by atoms with Gasteiger partial charge in [0.2, 0.25) is 0 Å². The van der Waals surface area contributed by atoms with Crippen LogP contribution < -0.4 is 10.1 Å². The average Bonchev–Trinajstić information content (AvgIpc) is 3.51. The van der Waals surface area contributed by atoms with E-state index in [9.17, 15) is 9.90 Å². The number of nitrogens with zero attached hydrogens (tertiary/aromatic N) is 3. The van der Waals surface area contributed by atoms with Crippen molar-refractivity contribution in [1.82, 2.24) is 14.5 Å². The van der Waals surface area contributed by atoms with Crippen molar-refractivity contribution in [3.05, 3.63) is 105 Å². The number of carbonyl (C=O) groups is 1. The van der Waals surface area contributed by atoms with Gasteiger partial charge < -0.3 is 19.7 Å². The van der Waals surface area contributed by atoms with Gasteiger partial charge >= 0.3 is 6.09 Å². The summed E-state index contributed by atoms with van der Waals surface area (Å²) >= 11 is 14.2. The summed E-state index contributed by atoms with van der Waals surface area (Å²) in [6.45, 7) is 3.49. The fourth-order valence-electron chi connectivity index (χ4n) is 5.33. The molecule has 1 unspecified atom stereocenters. The number of anilines is 1. The number of fused-ring (bicyclic) bond motifs is 3. The van der Waals surface area contributed by atoms with Crippen molar-refractivity contribution >= 4 is 56.7 Å². The summed E-state index contributed by atoms with van der Waals surface area (Å²) in [6.07, 6.45) is 1.46. The van der Waals surface area contributed by atoms with Crippen LogP contribution in [0.25, 0.3) is 16.6 Å². The molecule has 0 radical (unpaired) electrons. The minimum absolute atomic E-state index is 0.374. The Hall–Kier alpha value is -3.72. The van der Waals surface area contributed by atoms with E-state index in [2.05, 4.69) is 14.9 Å². The lowest BCUT2D eigenvalue weighted by Crippen LogP contribution is -2.40. The first-order valence-electron chi connectivity index (χ1n) is 12.9. The average molecular weight is 594 g/mol. The summed E-state index contributed by atoms with van der Waals surface area (Å²) in [6, 6.07) is 20.6. The topological polar surface area (TPSA) is 79.6 Å². The molecular formula is C30H26Cl2N4O3S. The molecule has 0 bridgehead atoms. The predicted molar refractivity (Wildman–Crippen MR) is 161 cm³/mol. The number of carboxylic acid groups (broad SMARTS) is 1. The van der Waals surface area contributed by atoms with E-state index in [0.717, 1.165) is 43.4 Å². The Balaban J connectivity index is 1.36. The smallest absolute Gasteiger partial charge is 0.408 e. The van der Waals surface area contributed by atoms with Crippen molar-refractivity contribution in [2.45, 2.75) is 19.4 Å². The molecule has 204 valence electrons. The number of benzene rings is 3. The molecule has 0 saturated heterocycles. The molecule has 3 heterocycles. The fraction of sp³-hybridized carbons (Fsp3) is 0.200. The highest BCUT2D eigenvalue weighted by molar-refractivity contribution is 7.15. The molecule has 1 atom stereocenters. The third-order valence-corrected chi connectivity index (χ3v) is 8.40. The lowest BCUT2D eigenvalue weighted by Gasteiger charge is -2.35. The summed E-state index contributed by atoms with van der Waals surface area (Å²) in [5.74, 6) is 0.712. The number of rotatable bonds is 7. The zero-order chi connectivity index (χ0) is 27.8. The van der Waals surface area contributed by atoms with E-state index >= 15 is 0 Å². The van der Waals surface area contributed by atoms with E-state index in [1.165, 1.54) is 4.90 Å². The molecular weight excluding hydrogens is 567 g/mol. The van der Waals surface area contributed by atoms with Gasteiger partial charge in [0.25, 0.3) is 0 Å². The van der Waals surface area contributed by atoms with Crippen LogP contribution in [0.5, 0.6) is 5.75 Å². The van der Waals surface area contributed by atoms with Crippen molar-refractivity contribution in [2.75, 3.05) is 25.0 Å². The fourth-order valence-corrected chi connectivity index (χ4v) is 6.32. The van der Waals surface area contributed by atoms with Crippen molar-refractivity contribution in [3.8, 4) is 11.4 Å². The Kier molecular flexibility index (Phi) is 7.31. The van der Waals surface area contributed by atoms with Crippen LogP contribution in [0.2, 0.25) is 10.0 Å². The second-order valence-electron chi connectivity index (χ2n) is 9.59. The molecule has 3 aromatic carbocycles. The van der Waals surface area contributed by atoms with Crippen LogP contribution in [0.4, 0.5) is 9.93 Å². The molecule has 7 nitrogen and oxygen atoms in total. The molecule has 10 heteroatoms. The summed E-state index contributed by atoms with van der Waals surface area (Å²) in [4.78, 5) is 19.5. The number of halogens is 2. The highest BCUT2D eigenvalue weighted by Crippen LogP contribution is 2.43. The molecule has 40 heavy (non-hydrogen) atoms. The first-order chi connectivity index (χ1) is 19.4. The Bertz CT molecular complexity index is 1680. The van der Waals surface area contributed by atoms with Gasteiger partial charge in [-0.2, -0.15) is 0 Å². The van der Waals surface area contributed by atoms with Crippen LogP contribution in [0.15, 0.2) is 72.9 Å². The summed E-state index contributed by atoms with van der Waals surface area (Å²) in [5, 5.41) is 16.7. The van der Waals surface area contributed by atoms with Crippen LogP contribution >= 0.6 is 34.5 Å². The molecule has 2 aromatic heterocycles. The van der Waals surface area contributed by atoms with Crippen LogP contribution in [0.1, 0.15) is 27.7 Å². The second kappa shape index (κ2) is 11.0. The van der Waals surface area contributed by atoms with Gasteiger partial charge in [-0.1, -0.05) is 35.3 Å². The maximum Gasteiger partial charge on any atom is 0.408 e. The lowest BCUT2D eigenvalue weighted by atomic mass is 9.92. The van der Waals surface area contributed by atoms with Gasteiger partial charge in [-0.05, 0) is 79.1 Å². The van der Waals surface area contributed by atoms with E-state index in [1.807, 2.05) is 79.9 Å². The standard InChI is InChI=1S/C30H26Cl2N4O3S/c1-18-17-34-29(40-18)33-13-15-39-23-9-2-19(3-10-23)27-28-24(12-14-35(27)30(37)38)25-16-21(32)6-11-26(25)36(28)22-7-4-20(31)5-8-22/h2-11,16-17,27H,12-15H2,1H3,(H,33,34)(H,37,38). The predicted octanol–water partition coefficient (Wildman–Crippen LogP) is 7.82. The van der Waals surface area contributed by atoms with Gasteiger partial charge in [-0.3, -0.25) is 4.90 Å². The minimum Gasteiger partial charge on any atom is -0.492 e. The Morgan fingerprint density at radius 1 is 1.10 bits per heavy atom. The summed E-state index contributed by atoms with van der Waals surface area (Å²) < 4.78 is 8.07. The molecule has 0 fully saturated rings. The van der Waals surface area contributed by atoms with Crippen LogP contribution in [0.3, 0.4) is 0 Å². The van der Waals surface area contributed by atoms with E-state index < -0.39 is 12.1 Å².